The van der Waals surface area contributed by atoms with E-state index in [2.05, 4.69) is 10.2 Å². The fourth-order valence-corrected chi connectivity index (χ4v) is 3.58. The first-order chi connectivity index (χ1) is 10.2. The zero-order valence-electron chi connectivity index (χ0n) is 13.5. The first-order valence-electron chi connectivity index (χ1n) is 8.29. The Morgan fingerprint density at radius 2 is 2.14 bits per heavy atom. The van der Waals surface area contributed by atoms with Gasteiger partial charge >= 0.3 is 5.97 Å². The number of nitrogens with zero attached hydrogens (tertiary/aromatic N) is 1. The molecule has 0 bridgehead atoms. The van der Waals surface area contributed by atoms with Gasteiger partial charge in [0.1, 0.15) is 0 Å². The van der Waals surface area contributed by atoms with E-state index < -0.39 is 5.41 Å². The molecule has 0 spiro atoms. The minimum absolute atomic E-state index is 0.0779. The van der Waals surface area contributed by atoms with Crippen LogP contribution in [0.4, 0.5) is 0 Å². The number of carbonyl (C=O) groups is 1. The minimum atomic E-state index is -0.425. The lowest BCUT2D eigenvalue weighted by molar-refractivity contribution is -0.162. The highest BCUT2D eigenvalue weighted by molar-refractivity contribution is 5.77. The van der Waals surface area contributed by atoms with Gasteiger partial charge in [-0.15, -0.1) is 0 Å². The highest BCUT2D eigenvalue weighted by atomic mass is 16.5. The molecule has 0 saturated carbocycles. The molecule has 122 valence electrons. The van der Waals surface area contributed by atoms with Crippen LogP contribution in [0.1, 0.15) is 32.6 Å². The van der Waals surface area contributed by atoms with Gasteiger partial charge in [0.25, 0.3) is 0 Å². The molecule has 1 atom stereocenters. The van der Waals surface area contributed by atoms with E-state index in [-0.39, 0.29) is 5.97 Å². The molecule has 0 aromatic heterocycles. The number of esters is 1. The summed E-state index contributed by atoms with van der Waals surface area (Å²) in [5.74, 6) is 0.683. The van der Waals surface area contributed by atoms with Crippen molar-refractivity contribution in [2.45, 2.75) is 32.6 Å². The number of piperidine rings is 2. The molecule has 0 aliphatic carbocycles. The molecule has 1 N–H and O–H groups in total. The average molecular weight is 298 g/mol. The van der Waals surface area contributed by atoms with Crippen molar-refractivity contribution in [2.75, 3.05) is 53.0 Å². The molecule has 0 aromatic carbocycles. The molecule has 2 rings (SSSR count). The summed E-state index contributed by atoms with van der Waals surface area (Å²) >= 11 is 0. The third-order valence-electron chi connectivity index (χ3n) is 4.86. The summed E-state index contributed by atoms with van der Waals surface area (Å²) in [5, 5.41) is 3.48. The van der Waals surface area contributed by atoms with Crippen LogP contribution in [0.15, 0.2) is 0 Å². The number of hydrogen-bond acceptors (Lipinski definition) is 5. The molecule has 0 aromatic rings. The maximum absolute atomic E-state index is 12.3. The largest absolute Gasteiger partial charge is 0.465 e. The van der Waals surface area contributed by atoms with Crippen LogP contribution in [0.25, 0.3) is 0 Å². The molecule has 0 radical (unpaired) electrons. The average Bonchev–Trinajstić information content (AvgIpc) is 2.51. The molecule has 5 heteroatoms. The number of likely N-dealkylation sites (tertiary alicyclic amines) is 1. The standard InChI is InChI=1S/C16H30N2O3/c1-3-21-15(19)16(13-20-2)6-9-18(10-7-16)12-14-5-4-8-17-11-14/h14,17H,3-13H2,1-2H3. The summed E-state index contributed by atoms with van der Waals surface area (Å²) in [6.07, 6.45) is 4.30. The molecule has 21 heavy (non-hydrogen) atoms. The van der Waals surface area contributed by atoms with Gasteiger partial charge in [0.05, 0.1) is 18.6 Å². The van der Waals surface area contributed by atoms with E-state index in [0.717, 1.165) is 51.5 Å². The van der Waals surface area contributed by atoms with Gasteiger partial charge < -0.3 is 19.7 Å². The van der Waals surface area contributed by atoms with Gasteiger partial charge in [0.2, 0.25) is 0 Å². The maximum Gasteiger partial charge on any atom is 0.314 e. The summed E-state index contributed by atoms with van der Waals surface area (Å²) in [6.45, 7) is 8.18. The Labute approximate surface area is 128 Å². The Kier molecular flexibility index (Phi) is 6.45. The van der Waals surface area contributed by atoms with Gasteiger partial charge in [-0.3, -0.25) is 4.79 Å². The van der Waals surface area contributed by atoms with Gasteiger partial charge in [0.15, 0.2) is 0 Å². The second-order valence-electron chi connectivity index (χ2n) is 6.45. The van der Waals surface area contributed by atoms with Crippen LogP contribution >= 0.6 is 0 Å². The van der Waals surface area contributed by atoms with Crippen LogP contribution in [0.5, 0.6) is 0 Å². The van der Waals surface area contributed by atoms with E-state index in [1.165, 1.54) is 12.8 Å². The van der Waals surface area contributed by atoms with Gasteiger partial charge in [-0.2, -0.15) is 0 Å². The first-order valence-corrected chi connectivity index (χ1v) is 8.29. The smallest absolute Gasteiger partial charge is 0.314 e. The Bertz CT molecular complexity index is 321. The van der Waals surface area contributed by atoms with E-state index in [0.29, 0.717) is 13.2 Å². The molecule has 5 nitrogen and oxygen atoms in total. The number of carbonyl (C=O) groups excluding carboxylic acids is 1. The van der Waals surface area contributed by atoms with Crippen molar-refractivity contribution in [3.63, 3.8) is 0 Å². The topological polar surface area (TPSA) is 50.8 Å². The molecule has 0 amide bonds. The van der Waals surface area contributed by atoms with Crippen molar-refractivity contribution in [1.29, 1.82) is 0 Å². The third kappa shape index (κ3) is 4.41. The first kappa shape index (κ1) is 16.7. The van der Waals surface area contributed by atoms with Crippen molar-refractivity contribution in [3.8, 4) is 0 Å². The van der Waals surface area contributed by atoms with Crippen LogP contribution in [-0.4, -0.2) is 63.9 Å². The van der Waals surface area contributed by atoms with Crippen LogP contribution in [-0.2, 0) is 14.3 Å². The van der Waals surface area contributed by atoms with Crippen LogP contribution in [0, 0.1) is 11.3 Å². The number of ether oxygens (including phenoxy) is 2. The van der Waals surface area contributed by atoms with Crippen molar-refractivity contribution < 1.29 is 14.3 Å². The normalized spacial score (nSPS) is 26.5. The lowest BCUT2D eigenvalue weighted by Crippen LogP contribution is -2.49. The summed E-state index contributed by atoms with van der Waals surface area (Å²) < 4.78 is 10.6. The second kappa shape index (κ2) is 8.11. The lowest BCUT2D eigenvalue weighted by Gasteiger charge is -2.41. The monoisotopic (exact) mass is 298 g/mol. The molecule has 2 aliphatic rings. The Morgan fingerprint density at radius 3 is 2.71 bits per heavy atom. The summed E-state index contributed by atoms with van der Waals surface area (Å²) in [7, 11) is 1.67. The summed E-state index contributed by atoms with van der Waals surface area (Å²) in [5.41, 5.74) is -0.425. The Hall–Kier alpha value is -0.650. The highest BCUT2D eigenvalue weighted by Crippen LogP contribution is 2.34. The van der Waals surface area contributed by atoms with Crippen LogP contribution in [0.3, 0.4) is 0 Å². The number of methoxy groups -OCH3 is 1. The number of nitrogens with one attached hydrogen (secondary N) is 1. The summed E-state index contributed by atoms with van der Waals surface area (Å²) in [6, 6.07) is 0. The van der Waals surface area contributed by atoms with E-state index in [9.17, 15) is 4.79 Å². The van der Waals surface area contributed by atoms with Crippen LogP contribution < -0.4 is 5.32 Å². The van der Waals surface area contributed by atoms with Crippen molar-refractivity contribution in [3.05, 3.63) is 0 Å². The third-order valence-corrected chi connectivity index (χ3v) is 4.86. The van der Waals surface area contributed by atoms with E-state index in [1.807, 2.05) is 6.92 Å². The quantitative estimate of drug-likeness (QED) is 0.749. The van der Waals surface area contributed by atoms with E-state index >= 15 is 0 Å². The zero-order chi connectivity index (χ0) is 15.1. The highest BCUT2D eigenvalue weighted by Gasteiger charge is 2.43. The fourth-order valence-electron chi connectivity index (χ4n) is 3.58. The van der Waals surface area contributed by atoms with E-state index in [1.54, 1.807) is 7.11 Å². The minimum Gasteiger partial charge on any atom is -0.465 e. The molecular weight excluding hydrogens is 268 g/mol. The van der Waals surface area contributed by atoms with Crippen LogP contribution in [0.2, 0.25) is 0 Å². The maximum atomic E-state index is 12.3. The SMILES string of the molecule is CCOC(=O)C1(COC)CCN(CC2CCCNC2)CC1. The van der Waals surface area contributed by atoms with E-state index in [4.69, 9.17) is 9.47 Å². The number of hydrogen-bond donors (Lipinski definition) is 1. The van der Waals surface area contributed by atoms with Crippen molar-refractivity contribution in [2.24, 2.45) is 11.3 Å². The van der Waals surface area contributed by atoms with Gasteiger partial charge in [-0.05, 0) is 64.7 Å². The molecule has 1 unspecified atom stereocenters. The predicted octanol–water partition coefficient (Wildman–Crippen LogP) is 1.28. The Morgan fingerprint density at radius 1 is 1.38 bits per heavy atom. The Balaban J connectivity index is 1.85. The number of rotatable bonds is 6. The zero-order valence-corrected chi connectivity index (χ0v) is 13.5. The van der Waals surface area contributed by atoms with Gasteiger partial charge in [-0.25, -0.2) is 0 Å². The van der Waals surface area contributed by atoms with Crippen molar-refractivity contribution in [1.82, 2.24) is 10.2 Å². The molecule has 2 saturated heterocycles. The second-order valence-corrected chi connectivity index (χ2v) is 6.45. The van der Waals surface area contributed by atoms with Gasteiger partial charge in [-0.1, -0.05) is 0 Å². The van der Waals surface area contributed by atoms with Gasteiger partial charge in [0, 0.05) is 13.7 Å². The predicted molar refractivity (Wildman–Crippen MR) is 82.2 cm³/mol. The fraction of sp³-hybridized carbons (Fsp3) is 0.938. The molecular formula is C16H30N2O3. The molecule has 2 heterocycles. The lowest BCUT2D eigenvalue weighted by atomic mass is 9.78. The summed E-state index contributed by atoms with van der Waals surface area (Å²) in [4.78, 5) is 14.8. The molecule has 2 aliphatic heterocycles. The molecule has 2 fully saturated rings. The van der Waals surface area contributed by atoms with Crippen molar-refractivity contribution >= 4 is 5.97 Å².